The summed E-state index contributed by atoms with van der Waals surface area (Å²) in [5.41, 5.74) is 0.439. The number of aromatic nitrogens is 3. The normalized spacial score (nSPS) is 20.6. The molecule has 1 saturated heterocycles. The first kappa shape index (κ1) is 12.6. The van der Waals surface area contributed by atoms with Gasteiger partial charge in [0, 0.05) is 19.6 Å². The summed E-state index contributed by atoms with van der Waals surface area (Å²) in [6.07, 6.45) is 4.06. The summed E-state index contributed by atoms with van der Waals surface area (Å²) in [7, 11) is 0. The first-order valence-corrected chi connectivity index (χ1v) is 7.07. The van der Waals surface area contributed by atoms with E-state index in [1.807, 2.05) is 0 Å². The van der Waals surface area contributed by atoms with E-state index in [1.54, 1.807) is 10.9 Å². The molecule has 0 bridgehead atoms. The molecule has 0 atom stereocenters. The molecular formula is C13H21N5O. The average Bonchev–Trinajstić information content (AvgIpc) is 3.03. The molecule has 1 saturated carbocycles. The van der Waals surface area contributed by atoms with E-state index in [0.29, 0.717) is 17.7 Å². The Kier molecular flexibility index (Phi) is 3.26. The lowest BCUT2D eigenvalue weighted by Gasteiger charge is -2.40. The molecule has 0 spiro atoms. The Bertz CT molecular complexity index is 459. The van der Waals surface area contributed by atoms with Gasteiger partial charge >= 0.3 is 0 Å². The minimum Gasteiger partial charge on any atom is -0.345 e. The van der Waals surface area contributed by atoms with Gasteiger partial charge in [-0.1, -0.05) is 19.1 Å². The molecule has 1 aliphatic heterocycles. The highest BCUT2D eigenvalue weighted by Crippen LogP contribution is 2.33. The van der Waals surface area contributed by atoms with Crippen molar-refractivity contribution in [2.24, 2.45) is 5.92 Å². The zero-order valence-corrected chi connectivity index (χ0v) is 11.5. The van der Waals surface area contributed by atoms with E-state index in [0.717, 1.165) is 32.5 Å². The van der Waals surface area contributed by atoms with Gasteiger partial charge in [0.25, 0.3) is 5.91 Å². The second kappa shape index (κ2) is 4.92. The molecule has 19 heavy (non-hydrogen) atoms. The Morgan fingerprint density at radius 3 is 2.84 bits per heavy atom. The lowest BCUT2D eigenvalue weighted by molar-refractivity contribution is 0.0779. The minimum absolute atomic E-state index is 0.0962. The van der Waals surface area contributed by atoms with Crippen molar-refractivity contribution in [2.45, 2.75) is 38.8 Å². The maximum absolute atomic E-state index is 12.0. The van der Waals surface area contributed by atoms with Crippen LogP contribution in [0.5, 0.6) is 0 Å². The molecule has 104 valence electrons. The molecule has 2 fully saturated rings. The predicted octanol–water partition coefficient (Wildman–Crippen LogP) is 0.683. The second-order valence-corrected chi connectivity index (χ2v) is 6.10. The number of hydrogen-bond donors (Lipinski definition) is 1. The van der Waals surface area contributed by atoms with Gasteiger partial charge in [0.1, 0.15) is 0 Å². The molecular weight excluding hydrogens is 242 g/mol. The van der Waals surface area contributed by atoms with E-state index in [-0.39, 0.29) is 11.9 Å². The van der Waals surface area contributed by atoms with Crippen LogP contribution < -0.4 is 5.32 Å². The Morgan fingerprint density at radius 1 is 1.47 bits per heavy atom. The molecule has 0 aromatic carbocycles. The van der Waals surface area contributed by atoms with Gasteiger partial charge in [0.15, 0.2) is 5.69 Å². The fourth-order valence-electron chi connectivity index (χ4n) is 2.48. The molecule has 2 heterocycles. The monoisotopic (exact) mass is 263 g/mol. The minimum atomic E-state index is -0.0962. The van der Waals surface area contributed by atoms with Gasteiger partial charge in [-0.05, 0) is 18.8 Å². The van der Waals surface area contributed by atoms with Gasteiger partial charge in [-0.15, -0.1) is 5.10 Å². The van der Waals surface area contributed by atoms with Gasteiger partial charge in [-0.25, -0.2) is 4.68 Å². The fraction of sp³-hybridized carbons (Fsp3) is 0.769. The molecule has 6 heteroatoms. The molecule has 3 rings (SSSR count). The van der Waals surface area contributed by atoms with Crippen LogP contribution in [-0.2, 0) is 0 Å². The fourth-order valence-corrected chi connectivity index (χ4v) is 2.48. The van der Waals surface area contributed by atoms with Crippen molar-refractivity contribution in [1.82, 2.24) is 25.2 Å². The quantitative estimate of drug-likeness (QED) is 0.848. The number of rotatable bonds is 5. The lowest BCUT2D eigenvalue weighted by Crippen LogP contribution is -2.59. The average molecular weight is 263 g/mol. The molecule has 1 aromatic rings. The van der Waals surface area contributed by atoms with E-state index < -0.39 is 0 Å². The molecule has 0 unspecified atom stereocenters. The van der Waals surface area contributed by atoms with Gasteiger partial charge in [-0.2, -0.15) is 0 Å². The second-order valence-electron chi connectivity index (χ2n) is 6.10. The summed E-state index contributed by atoms with van der Waals surface area (Å²) in [4.78, 5) is 14.3. The van der Waals surface area contributed by atoms with Crippen molar-refractivity contribution >= 4 is 5.91 Å². The molecule has 1 N–H and O–H groups in total. The van der Waals surface area contributed by atoms with Crippen LogP contribution in [0.15, 0.2) is 6.20 Å². The Hall–Kier alpha value is -1.43. The van der Waals surface area contributed by atoms with Gasteiger partial charge in [-0.3, -0.25) is 9.69 Å². The number of nitrogens with zero attached hydrogens (tertiary/aromatic N) is 4. The smallest absolute Gasteiger partial charge is 0.273 e. The van der Waals surface area contributed by atoms with E-state index in [4.69, 9.17) is 0 Å². The summed E-state index contributed by atoms with van der Waals surface area (Å²) in [6.45, 7) is 7.41. The Morgan fingerprint density at radius 2 is 2.21 bits per heavy atom. The zero-order chi connectivity index (χ0) is 13.4. The SMILES string of the molecule is CC(C)CN1CC(NC(=O)c2cn(C3CC3)nn2)C1. The van der Waals surface area contributed by atoms with Crippen molar-refractivity contribution in [3.05, 3.63) is 11.9 Å². The van der Waals surface area contributed by atoms with Crippen LogP contribution in [0.25, 0.3) is 0 Å². The third kappa shape index (κ3) is 2.94. The van der Waals surface area contributed by atoms with Crippen molar-refractivity contribution in [3.63, 3.8) is 0 Å². The van der Waals surface area contributed by atoms with Crippen LogP contribution in [0.4, 0.5) is 0 Å². The van der Waals surface area contributed by atoms with E-state index >= 15 is 0 Å². The topological polar surface area (TPSA) is 63.1 Å². The van der Waals surface area contributed by atoms with Crippen LogP contribution in [0.3, 0.4) is 0 Å². The summed E-state index contributed by atoms with van der Waals surface area (Å²) in [5.74, 6) is 0.580. The molecule has 2 aliphatic rings. The van der Waals surface area contributed by atoms with Gasteiger partial charge in [0.2, 0.25) is 0 Å². The van der Waals surface area contributed by atoms with E-state index in [9.17, 15) is 4.79 Å². The largest absolute Gasteiger partial charge is 0.345 e. The number of carbonyl (C=O) groups excluding carboxylic acids is 1. The highest BCUT2D eigenvalue weighted by atomic mass is 16.2. The molecule has 1 aliphatic carbocycles. The highest BCUT2D eigenvalue weighted by Gasteiger charge is 2.30. The summed E-state index contributed by atoms with van der Waals surface area (Å²) in [6, 6.07) is 0.733. The standard InChI is InChI=1S/C13H21N5O/c1-9(2)5-17-6-10(7-17)14-13(19)12-8-18(16-15-12)11-3-4-11/h8-11H,3-7H2,1-2H3,(H,14,19). The summed E-state index contributed by atoms with van der Waals surface area (Å²) in [5, 5.41) is 11.0. The van der Waals surface area contributed by atoms with Gasteiger partial charge < -0.3 is 5.32 Å². The Balaban J connectivity index is 1.46. The number of hydrogen-bond acceptors (Lipinski definition) is 4. The number of carbonyl (C=O) groups is 1. The third-order valence-corrected chi connectivity index (χ3v) is 3.58. The predicted molar refractivity (Wildman–Crippen MR) is 70.8 cm³/mol. The summed E-state index contributed by atoms with van der Waals surface area (Å²) >= 11 is 0. The van der Waals surface area contributed by atoms with Crippen molar-refractivity contribution in [1.29, 1.82) is 0 Å². The number of amides is 1. The maximum atomic E-state index is 12.0. The maximum Gasteiger partial charge on any atom is 0.273 e. The van der Waals surface area contributed by atoms with Crippen LogP contribution in [0.2, 0.25) is 0 Å². The highest BCUT2D eigenvalue weighted by molar-refractivity contribution is 5.92. The van der Waals surface area contributed by atoms with Crippen LogP contribution in [0, 0.1) is 5.92 Å². The summed E-state index contributed by atoms with van der Waals surface area (Å²) < 4.78 is 1.81. The van der Waals surface area contributed by atoms with E-state index in [2.05, 4.69) is 34.4 Å². The van der Waals surface area contributed by atoms with Gasteiger partial charge in [0.05, 0.1) is 18.3 Å². The van der Waals surface area contributed by atoms with E-state index in [1.165, 1.54) is 0 Å². The van der Waals surface area contributed by atoms with Crippen molar-refractivity contribution < 1.29 is 4.79 Å². The molecule has 1 amide bonds. The van der Waals surface area contributed by atoms with Crippen molar-refractivity contribution in [3.8, 4) is 0 Å². The molecule has 6 nitrogen and oxygen atoms in total. The molecule has 0 radical (unpaired) electrons. The van der Waals surface area contributed by atoms with Crippen LogP contribution in [0.1, 0.15) is 43.2 Å². The Labute approximate surface area is 113 Å². The van der Waals surface area contributed by atoms with Crippen molar-refractivity contribution in [2.75, 3.05) is 19.6 Å². The molecule has 1 aromatic heterocycles. The first-order valence-electron chi connectivity index (χ1n) is 7.07. The number of likely N-dealkylation sites (tertiary alicyclic amines) is 1. The zero-order valence-electron chi connectivity index (χ0n) is 11.5. The van der Waals surface area contributed by atoms with Crippen LogP contribution >= 0.6 is 0 Å². The first-order chi connectivity index (χ1) is 9.11. The lowest BCUT2D eigenvalue weighted by atomic mass is 10.1. The number of nitrogens with one attached hydrogen (secondary N) is 1. The van der Waals surface area contributed by atoms with Crippen LogP contribution in [-0.4, -0.2) is 51.5 Å². The third-order valence-electron chi connectivity index (χ3n) is 3.58.